The second-order valence-corrected chi connectivity index (χ2v) is 8.43. The summed E-state index contributed by atoms with van der Waals surface area (Å²) >= 11 is 0. The molecule has 1 N–H and O–H groups in total. The first kappa shape index (κ1) is 21.3. The zero-order valence-electron chi connectivity index (χ0n) is 17.4. The van der Waals surface area contributed by atoms with Crippen LogP contribution in [-0.4, -0.2) is 42.5 Å². The number of benzene rings is 1. The van der Waals surface area contributed by atoms with Gasteiger partial charge in [0.05, 0.1) is 0 Å². The molecule has 0 aromatic heterocycles. The van der Waals surface area contributed by atoms with Gasteiger partial charge in [0, 0.05) is 25.6 Å². The van der Waals surface area contributed by atoms with E-state index in [4.69, 9.17) is 4.74 Å². The van der Waals surface area contributed by atoms with E-state index < -0.39 is 6.10 Å². The van der Waals surface area contributed by atoms with Gasteiger partial charge in [-0.05, 0) is 49.3 Å². The molecule has 5 nitrogen and oxygen atoms in total. The average Bonchev–Trinajstić information content (AvgIpc) is 2.65. The van der Waals surface area contributed by atoms with E-state index in [1.807, 2.05) is 36.1 Å². The third-order valence-electron chi connectivity index (χ3n) is 5.11. The van der Waals surface area contributed by atoms with Crippen LogP contribution in [0, 0.1) is 5.92 Å². The number of ether oxygens (including phenoxy) is 1. The molecular formula is C22H34N2O3. The summed E-state index contributed by atoms with van der Waals surface area (Å²) in [6, 6.07) is 7.95. The Kier molecular flexibility index (Phi) is 7.28. The summed E-state index contributed by atoms with van der Waals surface area (Å²) < 4.78 is 5.85. The van der Waals surface area contributed by atoms with Crippen molar-refractivity contribution in [3.63, 3.8) is 0 Å². The van der Waals surface area contributed by atoms with Gasteiger partial charge in [-0.25, -0.2) is 0 Å². The van der Waals surface area contributed by atoms with Gasteiger partial charge < -0.3 is 15.0 Å². The number of hydrogen-bond donors (Lipinski definition) is 1. The van der Waals surface area contributed by atoms with Crippen molar-refractivity contribution in [3.05, 3.63) is 29.8 Å². The van der Waals surface area contributed by atoms with E-state index in [-0.39, 0.29) is 23.1 Å². The second kappa shape index (κ2) is 9.25. The zero-order valence-corrected chi connectivity index (χ0v) is 17.4. The van der Waals surface area contributed by atoms with E-state index in [9.17, 15) is 9.59 Å². The summed E-state index contributed by atoms with van der Waals surface area (Å²) in [5.41, 5.74) is 1.32. The molecule has 1 atom stereocenters. The molecule has 1 saturated heterocycles. The van der Waals surface area contributed by atoms with E-state index in [0.29, 0.717) is 31.7 Å². The SMILES string of the molecule is CCCNC(=O)C1CCN(C(=O)C(C)Oc2ccc(C(C)(C)C)cc2)CC1. The predicted molar refractivity (Wildman–Crippen MR) is 108 cm³/mol. The lowest BCUT2D eigenvalue weighted by molar-refractivity contribution is -0.141. The molecule has 1 aliphatic heterocycles. The Labute approximate surface area is 163 Å². The largest absolute Gasteiger partial charge is 0.481 e. The number of piperidine rings is 1. The van der Waals surface area contributed by atoms with Gasteiger partial charge in [-0.3, -0.25) is 9.59 Å². The van der Waals surface area contributed by atoms with E-state index in [1.54, 1.807) is 6.92 Å². The predicted octanol–water partition coefficient (Wildman–Crippen LogP) is 3.52. The summed E-state index contributed by atoms with van der Waals surface area (Å²) in [6.45, 7) is 12.3. The van der Waals surface area contributed by atoms with Gasteiger partial charge >= 0.3 is 0 Å². The Morgan fingerprint density at radius 1 is 1.19 bits per heavy atom. The standard InChI is InChI=1S/C22H34N2O3/c1-6-13-23-20(25)17-11-14-24(15-12-17)21(26)16(2)27-19-9-7-18(8-10-19)22(3,4)5/h7-10,16-17H,6,11-15H2,1-5H3,(H,23,25). The maximum atomic E-state index is 12.7. The smallest absolute Gasteiger partial charge is 0.263 e. The Balaban J connectivity index is 1.84. The summed E-state index contributed by atoms with van der Waals surface area (Å²) in [4.78, 5) is 26.6. The molecule has 0 radical (unpaired) electrons. The molecule has 2 amide bonds. The molecule has 27 heavy (non-hydrogen) atoms. The van der Waals surface area contributed by atoms with Crippen LogP contribution in [0.5, 0.6) is 5.75 Å². The Hall–Kier alpha value is -2.04. The van der Waals surface area contributed by atoms with Crippen molar-refractivity contribution in [2.24, 2.45) is 5.92 Å². The maximum Gasteiger partial charge on any atom is 0.263 e. The van der Waals surface area contributed by atoms with E-state index in [2.05, 4.69) is 26.1 Å². The van der Waals surface area contributed by atoms with Crippen molar-refractivity contribution in [1.29, 1.82) is 0 Å². The minimum atomic E-state index is -0.532. The van der Waals surface area contributed by atoms with Crippen LogP contribution in [0.25, 0.3) is 0 Å². The Morgan fingerprint density at radius 2 is 1.78 bits per heavy atom. The molecule has 2 rings (SSSR count). The normalized spacial score (nSPS) is 16.7. The quantitative estimate of drug-likeness (QED) is 0.829. The fourth-order valence-corrected chi connectivity index (χ4v) is 3.30. The minimum Gasteiger partial charge on any atom is -0.481 e. The zero-order chi connectivity index (χ0) is 20.0. The first-order valence-corrected chi connectivity index (χ1v) is 10.1. The fourth-order valence-electron chi connectivity index (χ4n) is 3.30. The number of amides is 2. The lowest BCUT2D eigenvalue weighted by Gasteiger charge is -2.33. The van der Waals surface area contributed by atoms with Crippen molar-refractivity contribution >= 4 is 11.8 Å². The Bertz CT molecular complexity index is 626. The van der Waals surface area contributed by atoms with Gasteiger partial charge in [-0.1, -0.05) is 39.8 Å². The van der Waals surface area contributed by atoms with Crippen LogP contribution in [0.4, 0.5) is 0 Å². The molecule has 1 aliphatic rings. The third kappa shape index (κ3) is 5.98. The summed E-state index contributed by atoms with van der Waals surface area (Å²) in [5, 5.41) is 2.95. The van der Waals surface area contributed by atoms with Crippen LogP contribution < -0.4 is 10.1 Å². The van der Waals surface area contributed by atoms with E-state index >= 15 is 0 Å². The van der Waals surface area contributed by atoms with Gasteiger partial charge in [0.1, 0.15) is 5.75 Å². The highest BCUT2D eigenvalue weighted by Crippen LogP contribution is 2.25. The molecule has 1 aromatic carbocycles. The molecule has 0 spiro atoms. The van der Waals surface area contributed by atoms with Crippen LogP contribution in [0.1, 0.15) is 59.4 Å². The number of carbonyl (C=O) groups excluding carboxylic acids is 2. The van der Waals surface area contributed by atoms with Gasteiger partial charge in [0.2, 0.25) is 5.91 Å². The summed E-state index contributed by atoms with van der Waals surface area (Å²) in [7, 11) is 0. The topological polar surface area (TPSA) is 58.6 Å². The van der Waals surface area contributed by atoms with Gasteiger partial charge in [0.15, 0.2) is 6.10 Å². The number of likely N-dealkylation sites (tertiary alicyclic amines) is 1. The maximum absolute atomic E-state index is 12.7. The van der Waals surface area contributed by atoms with Crippen molar-refractivity contribution in [2.75, 3.05) is 19.6 Å². The molecule has 1 aromatic rings. The number of nitrogens with one attached hydrogen (secondary N) is 1. The molecule has 1 heterocycles. The minimum absolute atomic E-state index is 0.0117. The molecule has 0 aliphatic carbocycles. The molecule has 0 saturated carbocycles. The molecule has 150 valence electrons. The van der Waals surface area contributed by atoms with E-state index in [0.717, 1.165) is 13.0 Å². The lowest BCUT2D eigenvalue weighted by Crippen LogP contribution is -2.47. The fraction of sp³-hybridized carbons (Fsp3) is 0.636. The highest BCUT2D eigenvalue weighted by molar-refractivity contribution is 5.82. The van der Waals surface area contributed by atoms with Gasteiger partial charge in [-0.2, -0.15) is 0 Å². The van der Waals surface area contributed by atoms with Crippen LogP contribution in [0.15, 0.2) is 24.3 Å². The van der Waals surface area contributed by atoms with E-state index in [1.165, 1.54) is 5.56 Å². The van der Waals surface area contributed by atoms with Crippen LogP contribution in [-0.2, 0) is 15.0 Å². The van der Waals surface area contributed by atoms with Crippen molar-refractivity contribution in [3.8, 4) is 5.75 Å². The highest BCUT2D eigenvalue weighted by Gasteiger charge is 2.29. The van der Waals surface area contributed by atoms with Crippen LogP contribution in [0.3, 0.4) is 0 Å². The van der Waals surface area contributed by atoms with Gasteiger partial charge in [-0.15, -0.1) is 0 Å². The molecule has 1 unspecified atom stereocenters. The number of carbonyl (C=O) groups is 2. The lowest BCUT2D eigenvalue weighted by atomic mass is 9.87. The third-order valence-corrected chi connectivity index (χ3v) is 5.11. The van der Waals surface area contributed by atoms with Crippen LogP contribution >= 0.6 is 0 Å². The summed E-state index contributed by atoms with van der Waals surface area (Å²) in [5.74, 6) is 0.828. The second-order valence-electron chi connectivity index (χ2n) is 8.43. The summed E-state index contributed by atoms with van der Waals surface area (Å²) in [6.07, 6.45) is 1.84. The highest BCUT2D eigenvalue weighted by atomic mass is 16.5. The van der Waals surface area contributed by atoms with Crippen molar-refractivity contribution in [1.82, 2.24) is 10.2 Å². The number of nitrogens with zero attached hydrogens (tertiary/aromatic N) is 1. The molecule has 1 fully saturated rings. The van der Waals surface area contributed by atoms with Crippen LogP contribution in [0.2, 0.25) is 0 Å². The van der Waals surface area contributed by atoms with Crippen molar-refractivity contribution < 1.29 is 14.3 Å². The monoisotopic (exact) mass is 374 g/mol. The average molecular weight is 375 g/mol. The molecule has 0 bridgehead atoms. The first-order chi connectivity index (χ1) is 12.7. The van der Waals surface area contributed by atoms with Gasteiger partial charge in [0.25, 0.3) is 5.91 Å². The molecular weight excluding hydrogens is 340 g/mol. The Morgan fingerprint density at radius 3 is 2.30 bits per heavy atom. The molecule has 5 heteroatoms. The number of rotatable bonds is 6. The van der Waals surface area contributed by atoms with Crippen molar-refractivity contribution in [2.45, 2.75) is 65.4 Å². The first-order valence-electron chi connectivity index (χ1n) is 10.1. The number of hydrogen-bond acceptors (Lipinski definition) is 3.